The van der Waals surface area contributed by atoms with E-state index in [0.29, 0.717) is 6.61 Å². The van der Waals surface area contributed by atoms with Crippen molar-refractivity contribution in [3.05, 3.63) is 24.3 Å². The topological polar surface area (TPSA) is 50.8 Å². The molecule has 1 aromatic rings. The molecular weight excluding hydrogens is 388 g/mol. The van der Waals surface area contributed by atoms with E-state index in [1.54, 1.807) is 0 Å². The summed E-state index contributed by atoms with van der Waals surface area (Å²) in [5.74, 6) is 0.842. The van der Waals surface area contributed by atoms with E-state index in [9.17, 15) is 4.79 Å². The molecule has 1 aliphatic heterocycles. The zero-order valence-corrected chi connectivity index (χ0v) is 18.8. The molecule has 2 rings (SSSR count). The van der Waals surface area contributed by atoms with Crippen LogP contribution in [0.3, 0.4) is 0 Å². The van der Waals surface area contributed by atoms with E-state index in [-0.39, 0.29) is 18.5 Å². The third kappa shape index (κ3) is 12.0. The number of amides is 1. The Morgan fingerprint density at radius 1 is 0.931 bits per heavy atom. The van der Waals surface area contributed by atoms with Crippen molar-refractivity contribution in [3.8, 4) is 5.75 Å². The van der Waals surface area contributed by atoms with Gasteiger partial charge in [-0.15, -0.1) is 12.4 Å². The van der Waals surface area contributed by atoms with E-state index < -0.39 is 0 Å². The van der Waals surface area contributed by atoms with E-state index in [1.807, 2.05) is 24.3 Å². The van der Waals surface area contributed by atoms with E-state index in [2.05, 4.69) is 17.1 Å². The summed E-state index contributed by atoms with van der Waals surface area (Å²) in [4.78, 5) is 14.3. The van der Waals surface area contributed by atoms with E-state index >= 15 is 0 Å². The summed E-state index contributed by atoms with van der Waals surface area (Å²) in [7, 11) is 0. The Balaban J connectivity index is 0.00000420. The third-order valence-electron chi connectivity index (χ3n) is 5.17. The summed E-state index contributed by atoms with van der Waals surface area (Å²) in [5.41, 5.74) is 0.730. The second-order valence-corrected chi connectivity index (χ2v) is 7.66. The lowest BCUT2D eigenvalue weighted by Crippen LogP contribution is -2.31. The minimum absolute atomic E-state index is 0. The van der Waals surface area contributed by atoms with Gasteiger partial charge in [-0.3, -0.25) is 5.32 Å². The molecule has 166 valence electrons. The quantitative estimate of drug-likeness (QED) is 0.377. The largest absolute Gasteiger partial charge is 0.494 e. The molecular formula is C23H39ClN2O3. The lowest BCUT2D eigenvalue weighted by atomic mass is 10.1. The van der Waals surface area contributed by atoms with Crippen molar-refractivity contribution >= 4 is 24.2 Å². The van der Waals surface area contributed by atoms with Crippen LogP contribution in [-0.4, -0.2) is 43.8 Å². The zero-order chi connectivity index (χ0) is 19.9. The monoisotopic (exact) mass is 426 g/mol. The zero-order valence-electron chi connectivity index (χ0n) is 18.0. The Labute approximate surface area is 182 Å². The predicted molar refractivity (Wildman–Crippen MR) is 122 cm³/mol. The van der Waals surface area contributed by atoms with E-state index in [4.69, 9.17) is 9.47 Å². The minimum atomic E-state index is -0.389. The van der Waals surface area contributed by atoms with Crippen molar-refractivity contribution in [2.45, 2.75) is 71.1 Å². The fourth-order valence-corrected chi connectivity index (χ4v) is 3.50. The van der Waals surface area contributed by atoms with Gasteiger partial charge in [-0.1, -0.05) is 45.4 Å². The number of piperidine rings is 1. The number of carbonyl (C=O) groups excluding carboxylic acids is 1. The number of ether oxygens (including phenoxy) is 2. The van der Waals surface area contributed by atoms with Gasteiger partial charge in [0.15, 0.2) is 0 Å². The maximum absolute atomic E-state index is 11.9. The number of likely N-dealkylation sites (tertiary alicyclic amines) is 1. The van der Waals surface area contributed by atoms with Crippen LogP contribution >= 0.6 is 12.4 Å². The first kappa shape index (κ1) is 25.6. The van der Waals surface area contributed by atoms with Gasteiger partial charge in [0, 0.05) is 12.2 Å². The van der Waals surface area contributed by atoms with Gasteiger partial charge in [-0.2, -0.15) is 0 Å². The van der Waals surface area contributed by atoms with Crippen LogP contribution in [-0.2, 0) is 4.74 Å². The first-order valence-corrected chi connectivity index (χ1v) is 11.2. The molecule has 1 heterocycles. The highest BCUT2D eigenvalue weighted by Crippen LogP contribution is 2.17. The van der Waals surface area contributed by atoms with Crippen LogP contribution in [0.4, 0.5) is 10.5 Å². The van der Waals surface area contributed by atoms with Crippen molar-refractivity contribution in [3.63, 3.8) is 0 Å². The minimum Gasteiger partial charge on any atom is -0.494 e. The summed E-state index contributed by atoms with van der Waals surface area (Å²) in [5, 5.41) is 2.77. The van der Waals surface area contributed by atoms with Crippen molar-refractivity contribution in [1.82, 2.24) is 4.90 Å². The van der Waals surface area contributed by atoms with Crippen LogP contribution in [0.15, 0.2) is 24.3 Å². The molecule has 29 heavy (non-hydrogen) atoms. The maximum Gasteiger partial charge on any atom is 0.411 e. The molecule has 1 N–H and O–H groups in total. The summed E-state index contributed by atoms with van der Waals surface area (Å²) >= 11 is 0. The van der Waals surface area contributed by atoms with Crippen LogP contribution in [0.2, 0.25) is 0 Å². The van der Waals surface area contributed by atoms with Crippen LogP contribution in [0.25, 0.3) is 0 Å². The summed E-state index contributed by atoms with van der Waals surface area (Å²) in [6, 6.07) is 7.49. The highest BCUT2D eigenvalue weighted by molar-refractivity contribution is 5.85. The van der Waals surface area contributed by atoms with Crippen LogP contribution in [0.1, 0.15) is 71.1 Å². The average Bonchev–Trinajstić information content (AvgIpc) is 2.72. The molecule has 1 aliphatic rings. The SMILES string of the molecule is CCCCCCCCOc1ccc(NC(=O)OCCCN2CCCCC2)cc1.Cl. The number of anilines is 1. The number of nitrogens with zero attached hydrogens (tertiary/aromatic N) is 1. The standard InChI is InChI=1S/C23H38N2O3.ClH/c1-2-3-4-5-6-10-19-27-22-14-12-21(13-15-22)24-23(26)28-20-11-18-25-16-8-7-9-17-25;/h12-15H,2-11,16-20H2,1H3,(H,24,26);1H. The van der Waals surface area contributed by atoms with Crippen molar-refractivity contribution in [2.75, 3.05) is 38.2 Å². The van der Waals surface area contributed by atoms with Crippen LogP contribution in [0, 0.1) is 0 Å². The molecule has 1 fully saturated rings. The molecule has 5 nitrogen and oxygen atoms in total. The molecule has 0 aliphatic carbocycles. The van der Waals surface area contributed by atoms with Crippen molar-refractivity contribution in [1.29, 1.82) is 0 Å². The summed E-state index contributed by atoms with van der Waals surface area (Å²) < 4.78 is 11.0. The smallest absolute Gasteiger partial charge is 0.411 e. The van der Waals surface area contributed by atoms with Crippen LogP contribution in [0.5, 0.6) is 5.75 Å². The Morgan fingerprint density at radius 2 is 1.62 bits per heavy atom. The molecule has 0 radical (unpaired) electrons. The number of halogens is 1. The number of hydrogen-bond acceptors (Lipinski definition) is 4. The van der Waals surface area contributed by atoms with Gasteiger partial charge in [0.2, 0.25) is 0 Å². The molecule has 0 saturated carbocycles. The highest BCUT2D eigenvalue weighted by Gasteiger charge is 2.10. The number of hydrogen-bond donors (Lipinski definition) is 1. The summed E-state index contributed by atoms with van der Waals surface area (Å²) in [6.07, 6.45) is 12.0. The number of rotatable bonds is 13. The first-order chi connectivity index (χ1) is 13.8. The van der Waals surface area contributed by atoms with Crippen LogP contribution < -0.4 is 10.1 Å². The fraction of sp³-hybridized carbons (Fsp3) is 0.696. The predicted octanol–water partition coefficient (Wildman–Crippen LogP) is 6.27. The Hall–Kier alpha value is -1.46. The highest BCUT2D eigenvalue weighted by atomic mass is 35.5. The molecule has 0 atom stereocenters. The number of unbranched alkanes of at least 4 members (excludes halogenated alkanes) is 5. The third-order valence-corrected chi connectivity index (χ3v) is 5.17. The van der Waals surface area contributed by atoms with Gasteiger partial charge >= 0.3 is 6.09 Å². The number of nitrogens with one attached hydrogen (secondary N) is 1. The molecule has 0 unspecified atom stereocenters. The van der Waals surface area contributed by atoms with Gasteiger partial charge in [0.25, 0.3) is 0 Å². The van der Waals surface area contributed by atoms with Gasteiger partial charge in [0.1, 0.15) is 5.75 Å². The summed E-state index contributed by atoms with van der Waals surface area (Å²) in [6.45, 7) is 6.81. The molecule has 6 heteroatoms. The second-order valence-electron chi connectivity index (χ2n) is 7.66. The number of benzene rings is 1. The molecule has 1 saturated heterocycles. The molecule has 0 spiro atoms. The van der Waals surface area contributed by atoms with Gasteiger partial charge in [0.05, 0.1) is 13.2 Å². The first-order valence-electron chi connectivity index (χ1n) is 11.2. The Kier molecular flexibility index (Phi) is 14.4. The fourth-order valence-electron chi connectivity index (χ4n) is 3.50. The Morgan fingerprint density at radius 3 is 2.34 bits per heavy atom. The number of carbonyl (C=O) groups is 1. The van der Waals surface area contributed by atoms with Gasteiger partial charge < -0.3 is 14.4 Å². The lowest BCUT2D eigenvalue weighted by Gasteiger charge is -2.26. The van der Waals surface area contributed by atoms with E-state index in [1.165, 1.54) is 64.5 Å². The average molecular weight is 427 g/mol. The van der Waals surface area contributed by atoms with Gasteiger partial charge in [-0.25, -0.2) is 4.79 Å². The molecule has 1 aromatic carbocycles. The second kappa shape index (κ2) is 16.3. The van der Waals surface area contributed by atoms with Gasteiger partial charge in [-0.05, 0) is 63.0 Å². The molecule has 0 aromatic heterocycles. The lowest BCUT2D eigenvalue weighted by molar-refractivity contribution is 0.148. The molecule has 1 amide bonds. The van der Waals surface area contributed by atoms with Crippen molar-refractivity contribution in [2.24, 2.45) is 0 Å². The normalized spacial score (nSPS) is 14.1. The molecule has 0 bridgehead atoms. The van der Waals surface area contributed by atoms with Crippen molar-refractivity contribution < 1.29 is 14.3 Å². The van der Waals surface area contributed by atoms with E-state index in [0.717, 1.165) is 37.4 Å². The maximum atomic E-state index is 11.9. The Bertz CT molecular complexity index is 533.